The van der Waals surface area contributed by atoms with Gasteiger partial charge in [0.15, 0.2) is 0 Å². The maximum Gasteiger partial charge on any atom is 0.340 e. The van der Waals surface area contributed by atoms with Crippen LogP contribution in [0.25, 0.3) is 21.9 Å². The monoisotopic (exact) mass is 458 g/mol. The molecule has 2 atom stereocenters. The van der Waals surface area contributed by atoms with Gasteiger partial charge in [0.25, 0.3) is 5.56 Å². The van der Waals surface area contributed by atoms with Crippen LogP contribution >= 0.6 is 0 Å². The van der Waals surface area contributed by atoms with Gasteiger partial charge in [0.2, 0.25) is 5.91 Å². The second kappa shape index (κ2) is 7.45. The molecule has 0 aliphatic carbocycles. The van der Waals surface area contributed by atoms with Crippen molar-refractivity contribution in [1.29, 1.82) is 0 Å². The summed E-state index contributed by atoms with van der Waals surface area (Å²) in [5.74, 6) is 0.303. The number of benzene rings is 1. The molecule has 0 saturated carbocycles. The van der Waals surface area contributed by atoms with Gasteiger partial charge in [-0.3, -0.25) is 9.59 Å². The Kier molecular flexibility index (Phi) is 4.59. The molecule has 34 heavy (non-hydrogen) atoms. The summed E-state index contributed by atoms with van der Waals surface area (Å²) in [6.07, 6.45) is 2.68. The van der Waals surface area contributed by atoms with Gasteiger partial charge in [0, 0.05) is 53.6 Å². The Morgan fingerprint density at radius 2 is 1.85 bits per heavy atom. The zero-order valence-electron chi connectivity index (χ0n) is 19.5. The molecule has 7 nitrogen and oxygen atoms in total. The van der Waals surface area contributed by atoms with Gasteiger partial charge in [0.1, 0.15) is 11.2 Å². The number of aryl methyl sites for hydroxylation is 3. The van der Waals surface area contributed by atoms with Crippen molar-refractivity contribution in [3.63, 3.8) is 0 Å². The highest BCUT2D eigenvalue weighted by molar-refractivity contribution is 6.00. The van der Waals surface area contributed by atoms with Crippen molar-refractivity contribution in [2.45, 2.75) is 46.1 Å². The Bertz CT molecular complexity index is 1610. The van der Waals surface area contributed by atoms with Crippen LogP contribution in [0, 0.1) is 26.7 Å². The van der Waals surface area contributed by atoms with Crippen LogP contribution in [0.15, 0.2) is 49.0 Å². The molecule has 5 heterocycles. The highest BCUT2D eigenvalue weighted by atomic mass is 16.4. The molecule has 1 saturated heterocycles. The standard InChI is InChI=1S/C27H26N2O5/c1-14-13-33-25-16(3)26-20(8-19(14)25)15(2)21(27(32)34-26)9-24(31)28-10-17-7-18(12-28)22-5-4-6-23(30)29(22)11-17/h4-6,8,13,17-18H,7,9-12H2,1-3H3. The molecule has 2 aliphatic heterocycles. The fourth-order valence-corrected chi connectivity index (χ4v) is 5.89. The van der Waals surface area contributed by atoms with Crippen LogP contribution in [0.4, 0.5) is 0 Å². The predicted octanol–water partition coefficient (Wildman–Crippen LogP) is 3.81. The number of fused-ring (bicyclic) bond motifs is 6. The number of piperidine rings is 1. The maximum absolute atomic E-state index is 13.4. The molecular weight excluding hydrogens is 432 g/mol. The van der Waals surface area contributed by atoms with Gasteiger partial charge in [-0.05, 0) is 56.4 Å². The highest BCUT2D eigenvalue weighted by Gasteiger charge is 2.36. The van der Waals surface area contributed by atoms with E-state index in [-0.39, 0.29) is 29.7 Å². The van der Waals surface area contributed by atoms with Crippen LogP contribution < -0.4 is 11.2 Å². The number of furan rings is 1. The highest BCUT2D eigenvalue weighted by Crippen LogP contribution is 2.36. The van der Waals surface area contributed by atoms with Crippen molar-refractivity contribution < 1.29 is 13.6 Å². The largest absolute Gasteiger partial charge is 0.464 e. The number of aromatic nitrogens is 1. The van der Waals surface area contributed by atoms with Crippen LogP contribution in [0.1, 0.15) is 40.3 Å². The number of hydrogen-bond donors (Lipinski definition) is 0. The molecule has 1 amide bonds. The first kappa shape index (κ1) is 21.0. The third-order valence-electron chi connectivity index (χ3n) is 7.70. The van der Waals surface area contributed by atoms with Crippen molar-refractivity contribution in [2.24, 2.45) is 5.92 Å². The third-order valence-corrected chi connectivity index (χ3v) is 7.70. The average molecular weight is 459 g/mol. The van der Waals surface area contributed by atoms with Gasteiger partial charge < -0.3 is 18.3 Å². The number of carbonyl (C=O) groups excluding carboxylic acids is 1. The fourth-order valence-electron chi connectivity index (χ4n) is 5.89. The van der Waals surface area contributed by atoms with E-state index in [1.807, 2.05) is 42.4 Å². The van der Waals surface area contributed by atoms with Gasteiger partial charge >= 0.3 is 5.63 Å². The molecule has 1 fully saturated rings. The lowest BCUT2D eigenvalue weighted by molar-refractivity contribution is -0.133. The molecule has 7 heteroatoms. The summed E-state index contributed by atoms with van der Waals surface area (Å²) in [7, 11) is 0. The number of likely N-dealkylation sites (tertiary alicyclic amines) is 1. The van der Waals surface area contributed by atoms with Gasteiger partial charge in [-0.1, -0.05) is 6.07 Å². The van der Waals surface area contributed by atoms with E-state index in [2.05, 4.69) is 0 Å². The normalized spacial score (nSPS) is 19.6. The molecule has 0 spiro atoms. The third kappa shape index (κ3) is 3.06. The van der Waals surface area contributed by atoms with Crippen LogP contribution in [0.2, 0.25) is 0 Å². The zero-order chi connectivity index (χ0) is 23.7. The van der Waals surface area contributed by atoms with Crippen molar-refractivity contribution in [3.05, 3.63) is 79.3 Å². The van der Waals surface area contributed by atoms with Crippen molar-refractivity contribution >= 4 is 27.8 Å². The first-order valence-electron chi connectivity index (χ1n) is 11.7. The summed E-state index contributed by atoms with van der Waals surface area (Å²) in [6, 6.07) is 7.36. The lowest BCUT2D eigenvalue weighted by atomic mass is 9.83. The van der Waals surface area contributed by atoms with E-state index in [1.54, 1.807) is 18.4 Å². The summed E-state index contributed by atoms with van der Waals surface area (Å²) >= 11 is 0. The van der Waals surface area contributed by atoms with Crippen molar-refractivity contribution in [2.75, 3.05) is 13.1 Å². The quantitative estimate of drug-likeness (QED) is 0.427. The van der Waals surface area contributed by atoms with E-state index in [4.69, 9.17) is 8.83 Å². The first-order chi connectivity index (χ1) is 16.3. The van der Waals surface area contributed by atoms with Crippen LogP contribution in [0.5, 0.6) is 0 Å². The summed E-state index contributed by atoms with van der Waals surface area (Å²) in [5, 5.41) is 1.82. The average Bonchev–Trinajstić information content (AvgIpc) is 3.19. The van der Waals surface area contributed by atoms with Crippen molar-refractivity contribution in [3.8, 4) is 0 Å². The molecular formula is C27H26N2O5. The SMILES string of the molecule is Cc1coc2c(C)c3oc(=O)c(CC(=O)N4CC5CC(C4)c4cccc(=O)n4C5)c(C)c3cc12. The molecule has 2 bridgehead atoms. The first-order valence-corrected chi connectivity index (χ1v) is 11.7. The molecule has 4 aromatic rings. The topological polar surface area (TPSA) is 85.7 Å². The molecule has 1 aromatic carbocycles. The second-order valence-electron chi connectivity index (χ2n) is 9.84. The molecule has 2 unspecified atom stereocenters. The Labute approximate surface area is 195 Å². The van der Waals surface area contributed by atoms with E-state index in [0.29, 0.717) is 30.8 Å². The van der Waals surface area contributed by atoms with Crippen molar-refractivity contribution in [1.82, 2.24) is 9.47 Å². The minimum atomic E-state index is -0.474. The maximum atomic E-state index is 13.4. The number of hydrogen-bond acceptors (Lipinski definition) is 5. The predicted molar refractivity (Wildman–Crippen MR) is 128 cm³/mol. The van der Waals surface area contributed by atoms with E-state index in [9.17, 15) is 14.4 Å². The molecule has 0 radical (unpaired) electrons. The Morgan fingerprint density at radius 1 is 1.03 bits per heavy atom. The summed E-state index contributed by atoms with van der Waals surface area (Å²) < 4.78 is 13.2. The van der Waals surface area contributed by atoms with Crippen LogP contribution in [-0.2, 0) is 17.8 Å². The van der Waals surface area contributed by atoms with Crippen LogP contribution in [0.3, 0.4) is 0 Å². The minimum Gasteiger partial charge on any atom is -0.464 e. The second-order valence-corrected chi connectivity index (χ2v) is 9.84. The van der Waals surface area contributed by atoms with Gasteiger partial charge in [-0.25, -0.2) is 4.79 Å². The molecule has 2 aliphatic rings. The number of rotatable bonds is 2. The number of pyridine rings is 1. The lowest BCUT2D eigenvalue weighted by Gasteiger charge is -2.42. The summed E-state index contributed by atoms with van der Waals surface area (Å²) in [6.45, 7) is 7.54. The number of carbonyl (C=O) groups is 1. The van der Waals surface area contributed by atoms with Crippen LogP contribution in [-0.4, -0.2) is 28.5 Å². The number of nitrogens with zero attached hydrogens (tertiary/aromatic N) is 2. The van der Waals surface area contributed by atoms with Gasteiger partial charge in [0.05, 0.1) is 18.2 Å². The summed E-state index contributed by atoms with van der Waals surface area (Å²) in [5.41, 5.74) is 4.76. The fraction of sp³-hybridized carbons (Fsp3) is 0.370. The molecule has 174 valence electrons. The van der Waals surface area contributed by atoms with E-state index < -0.39 is 5.63 Å². The summed E-state index contributed by atoms with van der Waals surface area (Å²) in [4.78, 5) is 40.5. The Hall–Kier alpha value is -3.61. The van der Waals surface area contributed by atoms with Gasteiger partial charge in [-0.15, -0.1) is 0 Å². The molecule has 6 rings (SSSR count). The Balaban J connectivity index is 1.34. The Morgan fingerprint density at radius 3 is 2.68 bits per heavy atom. The minimum absolute atomic E-state index is 0.00654. The van der Waals surface area contributed by atoms with Gasteiger partial charge in [-0.2, -0.15) is 0 Å². The zero-order valence-corrected chi connectivity index (χ0v) is 19.5. The van der Waals surface area contributed by atoms with E-state index in [0.717, 1.165) is 45.2 Å². The smallest absolute Gasteiger partial charge is 0.340 e. The molecule has 0 N–H and O–H groups in total. The lowest BCUT2D eigenvalue weighted by Crippen LogP contribution is -2.49. The van der Waals surface area contributed by atoms with E-state index >= 15 is 0 Å². The van der Waals surface area contributed by atoms with E-state index in [1.165, 1.54) is 0 Å². The number of amides is 1. The molecule has 3 aromatic heterocycles.